The fourth-order valence-electron chi connectivity index (χ4n) is 4.73. The number of rotatable bonds is 7. The molecule has 1 unspecified atom stereocenters. The van der Waals surface area contributed by atoms with Crippen LogP contribution in [0.25, 0.3) is 11.4 Å². The van der Waals surface area contributed by atoms with Gasteiger partial charge in [-0.15, -0.1) is 0 Å². The number of benzene rings is 2. The molecule has 2 aliphatic rings. The number of nitrogens with one attached hydrogen (secondary N) is 1. The molecular weight excluding hydrogens is 680 g/mol. The van der Waals surface area contributed by atoms with E-state index >= 15 is 4.39 Å². The number of ether oxygens (including phenoxy) is 1. The number of aromatic nitrogens is 2. The third-order valence-corrected chi connectivity index (χ3v) is 11.2. The summed E-state index contributed by atoms with van der Waals surface area (Å²) in [5, 5.41) is 6.20. The Balaban J connectivity index is 1.54. The number of sulfone groups is 1. The molecule has 48 heavy (non-hydrogen) atoms. The number of anilines is 1. The average molecular weight is 712 g/mol. The first kappa shape index (κ1) is 35.2. The van der Waals surface area contributed by atoms with E-state index in [4.69, 9.17) is 9.26 Å². The van der Waals surface area contributed by atoms with Crippen molar-refractivity contribution in [3.63, 3.8) is 0 Å². The van der Waals surface area contributed by atoms with Crippen molar-refractivity contribution in [3.05, 3.63) is 76.8 Å². The second-order valence-electron chi connectivity index (χ2n) is 12.8. The summed E-state index contributed by atoms with van der Waals surface area (Å²) in [5.41, 5.74) is -1.22. The van der Waals surface area contributed by atoms with Crippen molar-refractivity contribution >= 4 is 38.3 Å². The highest BCUT2D eigenvalue weighted by Gasteiger charge is 2.47. The molecule has 0 bridgehead atoms. The van der Waals surface area contributed by atoms with Gasteiger partial charge in [-0.25, -0.2) is 17.6 Å². The third kappa shape index (κ3) is 7.16. The summed E-state index contributed by atoms with van der Waals surface area (Å²) in [7, 11) is -5.79. The van der Waals surface area contributed by atoms with Crippen LogP contribution >= 0.6 is 0 Å². The van der Waals surface area contributed by atoms with Gasteiger partial charge in [0.1, 0.15) is 22.2 Å². The fourth-order valence-corrected chi connectivity index (χ4v) is 6.48. The van der Waals surface area contributed by atoms with E-state index in [1.165, 1.54) is 44.2 Å². The van der Waals surface area contributed by atoms with Crippen LogP contribution in [0.1, 0.15) is 51.6 Å². The van der Waals surface area contributed by atoms with Gasteiger partial charge in [-0.3, -0.25) is 9.00 Å². The predicted octanol–water partition coefficient (Wildman–Crippen LogP) is 5.13. The van der Waals surface area contributed by atoms with Crippen LogP contribution in [0.2, 0.25) is 0 Å². The molecule has 1 N–H and O–H groups in total. The van der Waals surface area contributed by atoms with Crippen molar-refractivity contribution in [1.82, 2.24) is 15.5 Å². The summed E-state index contributed by atoms with van der Waals surface area (Å²) in [6.45, 7) is 7.28. The Morgan fingerprint density at radius 2 is 1.77 bits per heavy atom. The first-order chi connectivity index (χ1) is 22.1. The van der Waals surface area contributed by atoms with Gasteiger partial charge in [-0.1, -0.05) is 35.5 Å². The lowest BCUT2D eigenvalue weighted by Crippen LogP contribution is -2.51. The Labute approximate surface area is 276 Å². The molecule has 1 aliphatic carbocycles. The van der Waals surface area contributed by atoms with Crippen LogP contribution < -0.4 is 10.2 Å². The minimum atomic E-state index is -4.48. The van der Waals surface area contributed by atoms with Gasteiger partial charge in [0, 0.05) is 11.8 Å². The minimum Gasteiger partial charge on any atom is -0.444 e. The number of carbonyl (C=O) groups excluding carboxylic acids is 2. The van der Waals surface area contributed by atoms with Crippen LogP contribution in [0.3, 0.4) is 0 Å². The molecule has 3 aromatic rings. The number of hydrogen-bond acceptors (Lipinski definition) is 9. The van der Waals surface area contributed by atoms with Crippen LogP contribution in [0.4, 0.5) is 28.0 Å². The smallest absolute Gasteiger partial charge is 0.413 e. The largest absolute Gasteiger partial charge is 0.444 e. The lowest BCUT2D eigenvalue weighted by molar-refractivity contribution is -0.120. The summed E-state index contributed by atoms with van der Waals surface area (Å²) < 4.78 is 102. The van der Waals surface area contributed by atoms with Crippen LogP contribution in [-0.4, -0.2) is 64.6 Å². The topological polar surface area (TPSA) is 149 Å². The molecule has 1 aromatic heterocycles. The van der Waals surface area contributed by atoms with Crippen molar-refractivity contribution in [3.8, 4) is 11.4 Å². The maximum Gasteiger partial charge on any atom is 0.413 e. The Kier molecular flexibility index (Phi) is 8.86. The minimum absolute atomic E-state index is 0.0291. The second kappa shape index (κ2) is 12.1. The highest BCUT2D eigenvalue weighted by Crippen LogP contribution is 2.48. The highest BCUT2D eigenvalue weighted by atomic mass is 32.2. The molecule has 0 spiro atoms. The monoisotopic (exact) mass is 711 g/mol. The van der Waals surface area contributed by atoms with Crippen molar-refractivity contribution < 1.29 is 49.0 Å². The first-order valence-corrected chi connectivity index (χ1v) is 17.6. The van der Waals surface area contributed by atoms with Crippen molar-refractivity contribution in [2.75, 3.05) is 16.9 Å². The maximum absolute atomic E-state index is 15.6. The van der Waals surface area contributed by atoms with E-state index < -0.39 is 72.3 Å². The molecule has 2 atom stereocenters. The van der Waals surface area contributed by atoms with Crippen LogP contribution in [-0.2, 0) is 41.5 Å². The Hall–Kier alpha value is -4.12. The van der Waals surface area contributed by atoms with Gasteiger partial charge < -0.3 is 19.5 Å². The highest BCUT2D eigenvalue weighted by molar-refractivity contribution is 7.91. The Morgan fingerprint density at radius 1 is 1.12 bits per heavy atom. The van der Waals surface area contributed by atoms with Gasteiger partial charge >= 0.3 is 12.3 Å². The summed E-state index contributed by atoms with van der Waals surface area (Å²) >= 11 is 0. The van der Waals surface area contributed by atoms with E-state index in [9.17, 15) is 35.4 Å². The summed E-state index contributed by atoms with van der Waals surface area (Å²) in [6.07, 6.45) is -3.44. The third-order valence-electron chi connectivity index (χ3n) is 7.67. The molecule has 11 nitrogen and oxygen atoms in total. The second-order valence-corrected chi connectivity index (χ2v) is 16.8. The quantitative estimate of drug-likeness (QED) is 0.330. The van der Waals surface area contributed by atoms with E-state index in [0.29, 0.717) is 11.1 Å². The van der Waals surface area contributed by atoms with Gasteiger partial charge in [0.05, 0.1) is 45.2 Å². The number of hydrogen-bond donors (Lipinski definition) is 1. The molecular formula is C31H31F4N4O7S2. The van der Waals surface area contributed by atoms with E-state index in [1.54, 1.807) is 20.8 Å². The van der Waals surface area contributed by atoms with Gasteiger partial charge in [0.15, 0.2) is 9.84 Å². The number of alkyl carbamates (subject to hydrolysis) is 1. The molecule has 2 heterocycles. The van der Waals surface area contributed by atoms with Crippen molar-refractivity contribution in [1.29, 1.82) is 0 Å². The van der Waals surface area contributed by atoms with Gasteiger partial charge in [-0.2, -0.15) is 18.2 Å². The van der Waals surface area contributed by atoms with Gasteiger partial charge in [0.25, 0.3) is 5.91 Å². The van der Waals surface area contributed by atoms with E-state index in [1.807, 2.05) is 0 Å². The zero-order valence-electron chi connectivity index (χ0n) is 26.6. The molecule has 0 saturated heterocycles. The number of alkyl halides is 3. The van der Waals surface area contributed by atoms with Gasteiger partial charge in [0.2, 0.25) is 11.7 Å². The molecule has 1 aliphatic heterocycles. The van der Waals surface area contributed by atoms with E-state index in [0.717, 1.165) is 23.3 Å². The maximum atomic E-state index is 15.6. The SMILES string of the molecule is CC(C)(C)OC(=O)N[C@H]1CS(=O)c2cc(F)c(-c3noc(C(C)(C)S(C)(=O)=O)n3)cc2N(Cc2ccc([C]3C=C3C(F)(F)F)cc2)C1=O. The Bertz CT molecular complexity index is 1950. The van der Waals surface area contributed by atoms with Crippen LogP contribution in [0.15, 0.2) is 57.5 Å². The van der Waals surface area contributed by atoms with Crippen LogP contribution in [0.5, 0.6) is 0 Å². The van der Waals surface area contributed by atoms with E-state index in [2.05, 4.69) is 15.5 Å². The lowest BCUT2D eigenvalue weighted by Gasteiger charge is -2.27. The van der Waals surface area contributed by atoms with E-state index in [-0.39, 0.29) is 40.3 Å². The molecule has 0 saturated carbocycles. The van der Waals surface area contributed by atoms with Crippen molar-refractivity contribution in [2.24, 2.45) is 0 Å². The predicted molar refractivity (Wildman–Crippen MR) is 166 cm³/mol. The zero-order chi connectivity index (χ0) is 35.6. The molecule has 5 rings (SSSR count). The number of carbonyl (C=O) groups is 2. The van der Waals surface area contributed by atoms with Gasteiger partial charge in [-0.05, 0) is 57.9 Å². The van der Waals surface area contributed by atoms with Crippen molar-refractivity contribution in [2.45, 2.75) is 68.6 Å². The molecule has 0 fully saturated rings. The number of allylic oxidation sites excluding steroid dienone is 2. The Morgan fingerprint density at radius 3 is 2.33 bits per heavy atom. The summed E-state index contributed by atoms with van der Waals surface area (Å²) in [5.74, 6) is -2.73. The number of fused-ring (bicyclic) bond motifs is 1. The number of nitrogens with zero attached hydrogens (tertiary/aromatic N) is 3. The normalized spacial score (nSPS) is 19.0. The summed E-state index contributed by atoms with van der Waals surface area (Å²) in [6, 6.07) is 6.66. The summed E-state index contributed by atoms with van der Waals surface area (Å²) in [4.78, 5) is 31.9. The number of halogens is 4. The molecule has 2 aromatic carbocycles. The zero-order valence-corrected chi connectivity index (χ0v) is 28.2. The molecule has 17 heteroatoms. The molecule has 1 radical (unpaired) electrons. The molecule has 257 valence electrons. The van der Waals surface area contributed by atoms with Crippen LogP contribution in [0, 0.1) is 11.7 Å². The number of amides is 2. The average Bonchev–Trinajstić information content (AvgIpc) is 3.64. The first-order valence-electron chi connectivity index (χ1n) is 14.4. The lowest BCUT2D eigenvalue weighted by atomic mass is 10.0. The fraction of sp³-hybridized carbons (Fsp3) is 0.387. The standard InChI is InChI=1S/C31H31F4N4O7S2/c1-29(2,3)45-28(41)36-22-15-47(42)24-13-21(32)19(25-37-27(46-38-25)30(4,5)48(6,43)44)12-23(24)39(26(22)40)14-16-7-9-17(10-8-16)18-11-20(18)31(33,34)35/h7-13,22H,14-15H2,1-6H3,(H,36,41)/t22-,47?/m0/s1. The molecule has 2 amide bonds.